The van der Waals surface area contributed by atoms with Gasteiger partial charge in [0.2, 0.25) is 0 Å². The van der Waals surface area contributed by atoms with E-state index in [1.54, 1.807) is 6.20 Å². The molecule has 1 aliphatic heterocycles. The lowest BCUT2D eigenvalue weighted by atomic mass is 9.47. The molecule has 5 heteroatoms. The van der Waals surface area contributed by atoms with Gasteiger partial charge in [0.15, 0.2) is 5.12 Å². The summed E-state index contributed by atoms with van der Waals surface area (Å²) < 4.78 is 0. The van der Waals surface area contributed by atoms with Crippen molar-refractivity contribution in [3.05, 3.63) is 36.2 Å². The van der Waals surface area contributed by atoms with Crippen molar-refractivity contribution < 1.29 is 9.59 Å². The van der Waals surface area contributed by atoms with Gasteiger partial charge >= 0.3 is 0 Å². The summed E-state index contributed by atoms with van der Waals surface area (Å²) in [4.78, 5) is 29.5. The van der Waals surface area contributed by atoms with Crippen molar-refractivity contribution >= 4 is 29.2 Å². The van der Waals surface area contributed by atoms with E-state index in [0.717, 1.165) is 44.2 Å². The second kappa shape index (κ2) is 6.69. The Hall–Kier alpha value is -1.62. The molecule has 0 spiro atoms. The molecule has 3 aliphatic carbocycles. The number of amides is 1. The zero-order valence-corrected chi connectivity index (χ0v) is 18.1. The summed E-state index contributed by atoms with van der Waals surface area (Å²) >= 11 is 4.23. The lowest BCUT2D eigenvalue weighted by molar-refractivity contribution is -0.125. The minimum absolute atomic E-state index is 0.00636. The van der Waals surface area contributed by atoms with Gasteiger partial charge in [0.25, 0.3) is 5.91 Å². The zero-order chi connectivity index (χ0) is 20.4. The Morgan fingerprint density at radius 2 is 1.97 bits per heavy atom. The van der Waals surface area contributed by atoms with Crippen LogP contribution >= 0.6 is 12.6 Å². The first-order chi connectivity index (χ1) is 13.8. The predicted molar refractivity (Wildman–Crippen MR) is 116 cm³/mol. The number of aromatic nitrogens is 1. The summed E-state index contributed by atoms with van der Waals surface area (Å²) in [6, 6.07) is 5.94. The Morgan fingerprint density at radius 1 is 1.14 bits per heavy atom. The van der Waals surface area contributed by atoms with Gasteiger partial charge in [-0.05, 0) is 73.8 Å². The number of hydrogen-bond donors (Lipinski definition) is 2. The molecule has 154 valence electrons. The molecule has 0 saturated heterocycles. The highest BCUT2D eigenvalue weighted by molar-refractivity contribution is 7.96. The maximum absolute atomic E-state index is 12.8. The third-order valence-electron chi connectivity index (χ3n) is 9.02. The van der Waals surface area contributed by atoms with Gasteiger partial charge < -0.3 is 5.32 Å². The first-order valence-electron chi connectivity index (χ1n) is 11.0. The number of carbonyl (C=O) groups excluding carboxylic acids is 2. The Labute approximate surface area is 178 Å². The number of fused-ring (bicyclic) bond motifs is 5. The van der Waals surface area contributed by atoms with Crippen molar-refractivity contribution in [2.75, 3.05) is 0 Å². The summed E-state index contributed by atoms with van der Waals surface area (Å²) in [5.74, 6) is 1.85. The number of hydrogen-bond acceptors (Lipinski definition) is 3. The number of nitrogens with one attached hydrogen (secondary N) is 1. The van der Waals surface area contributed by atoms with Crippen LogP contribution in [0.2, 0.25) is 0 Å². The van der Waals surface area contributed by atoms with Gasteiger partial charge in [0.05, 0.1) is 11.3 Å². The average molecular weight is 411 g/mol. The summed E-state index contributed by atoms with van der Waals surface area (Å²) in [7, 11) is 0. The fourth-order valence-electron chi connectivity index (χ4n) is 7.56. The van der Waals surface area contributed by atoms with Gasteiger partial charge in [-0.2, -0.15) is 0 Å². The third kappa shape index (κ3) is 2.76. The van der Waals surface area contributed by atoms with Gasteiger partial charge in [-0.25, -0.2) is 0 Å². The SMILES string of the molecule is C[C@]12C=C(c3ccccn3)C(=O)N[C@@H]1CC[C@@H]1[C@@H]2CC[C@]2(C)[C@@H](C(=O)S)CC[C@@H]12. The number of thiol groups is 1. The molecule has 0 bridgehead atoms. The van der Waals surface area contributed by atoms with E-state index in [0.29, 0.717) is 23.3 Å². The molecule has 0 unspecified atom stereocenters. The largest absolute Gasteiger partial charge is 0.348 e. The van der Waals surface area contributed by atoms with Crippen LogP contribution in [0.1, 0.15) is 58.1 Å². The number of carbonyl (C=O) groups is 2. The summed E-state index contributed by atoms with van der Waals surface area (Å²) in [6.45, 7) is 4.68. The Morgan fingerprint density at radius 3 is 2.69 bits per heavy atom. The van der Waals surface area contributed by atoms with Crippen LogP contribution in [0.15, 0.2) is 30.5 Å². The zero-order valence-electron chi connectivity index (χ0n) is 17.2. The highest BCUT2D eigenvalue weighted by Crippen LogP contribution is 2.65. The van der Waals surface area contributed by atoms with Crippen molar-refractivity contribution in [1.82, 2.24) is 10.3 Å². The topological polar surface area (TPSA) is 59.1 Å². The molecule has 2 heterocycles. The maximum atomic E-state index is 12.8. The smallest absolute Gasteiger partial charge is 0.253 e. The van der Waals surface area contributed by atoms with Crippen LogP contribution in [0.4, 0.5) is 0 Å². The van der Waals surface area contributed by atoms with Gasteiger partial charge in [0, 0.05) is 23.6 Å². The highest BCUT2D eigenvalue weighted by atomic mass is 32.1. The number of nitrogens with zero attached hydrogens (tertiary/aromatic N) is 1. The molecule has 29 heavy (non-hydrogen) atoms. The van der Waals surface area contributed by atoms with Crippen molar-refractivity contribution in [3.8, 4) is 0 Å². The average Bonchev–Trinajstić information content (AvgIpc) is 3.06. The van der Waals surface area contributed by atoms with Crippen LogP contribution < -0.4 is 5.32 Å². The van der Waals surface area contributed by atoms with Crippen molar-refractivity contribution in [3.63, 3.8) is 0 Å². The van der Waals surface area contributed by atoms with E-state index in [4.69, 9.17) is 0 Å². The van der Waals surface area contributed by atoms with Crippen LogP contribution in [-0.2, 0) is 9.59 Å². The normalized spacial score (nSPS) is 43.5. The van der Waals surface area contributed by atoms with Gasteiger partial charge in [-0.3, -0.25) is 14.6 Å². The standard InChI is InChI=1S/C24H30N2O2S/c1-23-11-10-17-14(16(23)7-8-18(23)22(28)29)6-9-20-24(17,2)13-15(21(27)26-20)19-5-3-4-12-25-19/h3-5,12-14,16-18,20H,6-11H2,1-2H3,(H,26,27)(H,28,29)/t14-,16-,17-,18+,20+,23-,24+/m0/s1. The molecule has 0 radical (unpaired) electrons. The molecular formula is C24H30N2O2S. The molecule has 7 atom stereocenters. The summed E-state index contributed by atoms with van der Waals surface area (Å²) in [6.07, 6.45) is 10.5. The van der Waals surface area contributed by atoms with Crippen LogP contribution in [0.25, 0.3) is 5.57 Å². The van der Waals surface area contributed by atoms with E-state index in [1.807, 2.05) is 18.2 Å². The van der Waals surface area contributed by atoms with E-state index in [2.05, 4.69) is 42.9 Å². The summed E-state index contributed by atoms with van der Waals surface area (Å²) in [5, 5.41) is 3.40. The first-order valence-corrected chi connectivity index (χ1v) is 11.5. The molecular weight excluding hydrogens is 380 g/mol. The summed E-state index contributed by atoms with van der Waals surface area (Å²) in [5.41, 5.74) is 1.50. The first kappa shape index (κ1) is 19.3. The Balaban J connectivity index is 1.52. The van der Waals surface area contributed by atoms with E-state index in [-0.39, 0.29) is 33.8 Å². The fourth-order valence-corrected chi connectivity index (χ4v) is 7.98. The Bertz CT molecular complexity index is 884. The third-order valence-corrected chi connectivity index (χ3v) is 9.33. The molecule has 1 aromatic rings. The minimum Gasteiger partial charge on any atom is -0.348 e. The van der Waals surface area contributed by atoms with E-state index < -0.39 is 0 Å². The minimum atomic E-state index is -0.0614. The number of pyridine rings is 1. The van der Waals surface area contributed by atoms with Gasteiger partial charge in [-0.1, -0.05) is 26.0 Å². The quantitative estimate of drug-likeness (QED) is 0.716. The van der Waals surface area contributed by atoms with Crippen LogP contribution in [0.5, 0.6) is 0 Å². The predicted octanol–water partition coefficient (Wildman–Crippen LogP) is 4.28. The van der Waals surface area contributed by atoms with E-state index in [1.165, 1.54) is 0 Å². The van der Waals surface area contributed by atoms with Gasteiger partial charge in [-0.15, -0.1) is 12.6 Å². The lowest BCUT2D eigenvalue weighted by Gasteiger charge is -2.59. The molecule has 1 N–H and O–H groups in total. The van der Waals surface area contributed by atoms with Crippen LogP contribution in [0, 0.1) is 34.5 Å². The second-order valence-corrected chi connectivity index (χ2v) is 10.6. The lowest BCUT2D eigenvalue weighted by Crippen LogP contribution is -2.60. The maximum Gasteiger partial charge on any atom is 0.253 e. The van der Waals surface area contributed by atoms with Crippen LogP contribution in [0.3, 0.4) is 0 Å². The molecule has 0 aromatic carbocycles. The van der Waals surface area contributed by atoms with Crippen molar-refractivity contribution in [2.45, 2.75) is 58.4 Å². The molecule has 4 nitrogen and oxygen atoms in total. The highest BCUT2D eigenvalue weighted by Gasteiger charge is 2.61. The molecule has 4 aliphatic rings. The molecule has 1 amide bonds. The number of rotatable bonds is 2. The molecule has 5 rings (SSSR count). The van der Waals surface area contributed by atoms with E-state index >= 15 is 0 Å². The van der Waals surface area contributed by atoms with E-state index in [9.17, 15) is 9.59 Å². The van der Waals surface area contributed by atoms with Crippen LogP contribution in [-0.4, -0.2) is 22.0 Å². The van der Waals surface area contributed by atoms with Crippen molar-refractivity contribution in [1.29, 1.82) is 0 Å². The molecule has 3 saturated carbocycles. The molecule has 3 fully saturated rings. The molecule has 1 aromatic heterocycles. The van der Waals surface area contributed by atoms with Crippen molar-refractivity contribution in [2.24, 2.45) is 34.5 Å². The second-order valence-electron chi connectivity index (χ2n) is 10.1. The fraction of sp³-hybridized carbons (Fsp3) is 0.625. The Kier molecular flexibility index (Phi) is 4.47. The monoisotopic (exact) mass is 410 g/mol. The van der Waals surface area contributed by atoms with Gasteiger partial charge in [0.1, 0.15) is 0 Å².